The number of hydrogen-bond donors (Lipinski definition) is 2. The van der Waals surface area contributed by atoms with Gasteiger partial charge in [-0.15, -0.1) is 0 Å². The molecule has 1 aromatic rings. The van der Waals surface area contributed by atoms with Gasteiger partial charge in [0, 0.05) is 12.1 Å². The van der Waals surface area contributed by atoms with Gasteiger partial charge in [0.2, 0.25) is 0 Å². The Balaban J connectivity index is 2.54. The minimum absolute atomic E-state index is 0.0786. The number of ether oxygens (including phenoxy) is 1. The van der Waals surface area contributed by atoms with Gasteiger partial charge in [-0.05, 0) is 13.8 Å². The average molecular weight is 261 g/mol. The molecular weight excluding hydrogens is 246 g/mol. The lowest BCUT2D eigenvalue weighted by Gasteiger charge is -2.36. The maximum Gasteiger partial charge on any atom is 0.257 e. The van der Waals surface area contributed by atoms with Crippen LogP contribution in [0.4, 0.5) is 0 Å². The fourth-order valence-corrected chi connectivity index (χ4v) is 2.17. The first-order chi connectivity index (χ1) is 7.74. The van der Waals surface area contributed by atoms with Gasteiger partial charge in [0.25, 0.3) is 10.0 Å². The quantitative estimate of drug-likeness (QED) is 0.750. The van der Waals surface area contributed by atoms with Crippen LogP contribution in [0, 0.1) is 0 Å². The van der Waals surface area contributed by atoms with E-state index in [0.717, 1.165) is 0 Å². The molecule has 3 N–H and O–H groups in total. The van der Waals surface area contributed by atoms with Crippen LogP contribution in [0.1, 0.15) is 25.6 Å². The van der Waals surface area contributed by atoms with E-state index in [1.165, 1.54) is 10.7 Å². The van der Waals surface area contributed by atoms with Crippen molar-refractivity contribution in [2.75, 3.05) is 13.2 Å². The Labute approximate surface area is 99.2 Å². The molecule has 8 heteroatoms. The van der Waals surface area contributed by atoms with E-state index in [9.17, 15) is 13.5 Å². The number of nitrogens with zero attached hydrogens (tertiary/aromatic N) is 2. The van der Waals surface area contributed by atoms with Gasteiger partial charge in [-0.3, -0.25) is 4.68 Å². The molecule has 0 saturated carbocycles. The summed E-state index contributed by atoms with van der Waals surface area (Å²) >= 11 is 0. The number of aliphatic hydroxyl groups is 1. The van der Waals surface area contributed by atoms with Crippen LogP contribution in [-0.4, -0.2) is 36.5 Å². The topological polar surface area (TPSA) is 107 Å². The molecule has 1 aromatic heterocycles. The Hall–Kier alpha value is -0.960. The zero-order valence-electron chi connectivity index (χ0n) is 9.62. The largest absolute Gasteiger partial charge is 0.379 e. The van der Waals surface area contributed by atoms with Crippen LogP contribution in [0.2, 0.25) is 0 Å². The summed E-state index contributed by atoms with van der Waals surface area (Å²) in [5.74, 6) is 0. The molecule has 7 nitrogen and oxygen atoms in total. The van der Waals surface area contributed by atoms with Crippen LogP contribution in [0.25, 0.3) is 0 Å². The van der Waals surface area contributed by atoms with E-state index < -0.39 is 15.6 Å². The van der Waals surface area contributed by atoms with Crippen molar-refractivity contribution in [1.29, 1.82) is 0 Å². The molecule has 0 aromatic carbocycles. The third-order valence-electron chi connectivity index (χ3n) is 2.65. The molecule has 1 saturated heterocycles. The Bertz CT molecular complexity index is 530. The molecule has 17 heavy (non-hydrogen) atoms. The molecule has 1 fully saturated rings. The lowest BCUT2D eigenvalue weighted by atomic mass is 9.97. The highest BCUT2D eigenvalue weighted by Gasteiger charge is 2.42. The third-order valence-corrected chi connectivity index (χ3v) is 3.43. The van der Waals surface area contributed by atoms with Crippen molar-refractivity contribution in [1.82, 2.24) is 9.78 Å². The van der Waals surface area contributed by atoms with Crippen molar-refractivity contribution in [3.63, 3.8) is 0 Å². The number of hydrogen-bond acceptors (Lipinski definition) is 5. The van der Waals surface area contributed by atoms with Crippen molar-refractivity contribution in [2.24, 2.45) is 5.14 Å². The fourth-order valence-electron chi connectivity index (χ4n) is 1.70. The highest BCUT2D eigenvalue weighted by molar-refractivity contribution is 7.89. The van der Waals surface area contributed by atoms with Crippen molar-refractivity contribution in [3.8, 4) is 0 Å². The van der Waals surface area contributed by atoms with Gasteiger partial charge >= 0.3 is 0 Å². The van der Waals surface area contributed by atoms with Gasteiger partial charge in [-0.2, -0.15) is 5.10 Å². The average Bonchev–Trinajstić information content (AvgIpc) is 2.57. The smallest absolute Gasteiger partial charge is 0.257 e. The van der Waals surface area contributed by atoms with E-state index in [0.29, 0.717) is 5.69 Å². The summed E-state index contributed by atoms with van der Waals surface area (Å²) < 4.78 is 28.9. The number of primary sulfonamides is 1. The van der Waals surface area contributed by atoms with Gasteiger partial charge in [0.05, 0.1) is 18.9 Å². The molecule has 0 aliphatic carbocycles. The first kappa shape index (κ1) is 12.5. The molecule has 2 heterocycles. The molecule has 0 spiro atoms. The van der Waals surface area contributed by atoms with Crippen LogP contribution in [-0.2, 0) is 20.4 Å². The molecular formula is C9H15N3O4S. The molecule has 0 unspecified atom stereocenters. The van der Waals surface area contributed by atoms with Crippen LogP contribution < -0.4 is 5.14 Å². The molecule has 0 bridgehead atoms. The molecule has 0 radical (unpaired) electrons. The Kier molecular flexibility index (Phi) is 2.77. The second kappa shape index (κ2) is 3.77. The van der Waals surface area contributed by atoms with E-state index in [4.69, 9.17) is 9.88 Å². The zero-order valence-corrected chi connectivity index (χ0v) is 10.4. The van der Waals surface area contributed by atoms with Crippen molar-refractivity contribution in [2.45, 2.75) is 30.5 Å². The lowest BCUT2D eigenvalue weighted by molar-refractivity contribution is -0.189. The summed E-state index contributed by atoms with van der Waals surface area (Å²) in [6.45, 7) is 3.95. The monoisotopic (exact) mass is 261 g/mol. The predicted molar refractivity (Wildman–Crippen MR) is 58.7 cm³/mol. The minimum atomic E-state index is -3.87. The summed E-state index contributed by atoms with van der Waals surface area (Å²) in [4.78, 5) is 0. The van der Waals surface area contributed by atoms with E-state index in [1.807, 2.05) is 13.8 Å². The summed E-state index contributed by atoms with van der Waals surface area (Å²) in [7, 11) is -3.87. The minimum Gasteiger partial charge on any atom is -0.379 e. The van der Waals surface area contributed by atoms with Gasteiger partial charge in [-0.1, -0.05) is 0 Å². The zero-order chi connectivity index (χ0) is 12.8. The molecule has 96 valence electrons. The fraction of sp³-hybridized carbons (Fsp3) is 0.667. The summed E-state index contributed by atoms with van der Waals surface area (Å²) in [6, 6.07) is 1.22. The highest BCUT2D eigenvalue weighted by Crippen LogP contribution is 2.31. The van der Waals surface area contributed by atoms with Crippen LogP contribution in [0.5, 0.6) is 0 Å². The third kappa shape index (κ3) is 2.08. The highest BCUT2D eigenvalue weighted by atomic mass is 32.2. The second-order valence-corrected chi connectivity index (χ2v) is 5.98. The normalized spacial score (nSPS) is 19.4. The van der Waals surface area contributed by atoms with E-state index in [2.05, 4.69) is 5.10 Å². The molecule has 0 atom stereocenters. The van der Waals surface area contributed by atoms with E-state index >= 15 is 0 Å². The number of nitrogens with two attached hydrogens (primary N) is 1. The van der Waals surface area contributed by atoms with E-state index in [-0.39, 0.29) is 24.3 Å². The van der Waals surface area contributed by atoms with E-state index in [1.54, 1.807) is 0 Å². The SMILES string of the molecule is CC(C)n1nc(S(N)(=O)=O)cc1C1(O)COC1. The predicted octanol–water partition coefficient (Wildman–Crippen LogP) is -0.671. The first-order valence-corrected chi connectivity index (χ1v) is 6.72. The van der Waals surface area contributed by atoms with Crippen LogP contribution >= 0.6 is 0 Å². The van der Waals surface area contributed by atoms with Gasteiger partial charge in [0.15, 0.2) is 10.6 Å². The molecule has 1 aliphatic rings. The van der Waals surface area contributed by atoms with Crippen molar-refractivity contribution < 1.29 is 18.3 Å². The van der Waals surface area contributed by atoms with Gasteiger partial charge in [0.1, 0.15) is 0 Å². The summed E-state index contributed by atoms with van der Waals surface area (Å²) in [5.41, 5.74) is -0.747. The second-order valence-electron chi connectivity index (χ2n) is 4.48. The Morgan fingerprint density at radius 1 is 1.59 bits per heavy atom. The van der Waals surface area contributed by atoms with Crippen LogP contribution in [0.15, 0.2) is 11.1 Å². The summed E-state index contributed by atoms with van der Waals surface area (Å²) in [6.07, 6.45) is 0. The number of rotatable bonds is 3. The Morgan fingerprint density at radius 3 is 2.53 bits per heavy atom. The molecule has 0 amide bonds. The first-order valence-electron chi connectivity index (χ1n) is 5.17. The molecule has 2 rings (SSSR count). The maximum atomic E-state index is 11.2. The summed E-state index contributed by atoms with van der Waals surface area (Å²) in [5, 5.41) is 18.9. The molecule has 1 aliphatic heterocycles. The standard InChI is InChI=1S/C9H15N3O4S/c1-6(2)12-7(9(13)4-16-5-9)3-8(11-12)17(10,14)15/h3,6,13H,4-5H2,1-2H3,(H2,10,14,15). The maximum absolute atomic E-state index is 11.2. The van der Waals surface area contributed by atoms with Gasteiger partial charge in [-0.25, -0.2) is 13.6 Å². The van der Waals surface area contributed by atoms with Crippen molar-refractivity contribution in [3.05, 3.63) is 11.8 Å². The van der Waals surface area contributed by atoms with Gasteiger partial charge < -0.3 is 9.84 Å². The van der Waals surface area contributed by atoms with Crippen LogP contribution in [0.3, 0.4) is 0 Å². The lowest BCUT2D eigenvalue weighted by Crippen LogP contribution is -2.48. The number of aromatic nitrogens is 2. The Morgan fingerprint density at radius 2 is 2.18 bits per heavy atom. The number of sulfonamides is 1. The van der Waals surface area contributed by atoms with Crippen molar-refractivity contribution >= 4 is 10.0 Å².